The van der Waals surface area contributed by atoms with Gasteiger partial charge in [0.05, 0.1) is 9.83 Å². The molecule has 18 heavy (non-hydrogen) atoms. The first-order valence-corrected chi connectivity index (χ1v) is 7.59. The first-order chi connectivity index (χ1) is 8.61. The van der Waals surface area contributed by atoms with Gasteiger partial charge < -0.3 is 0 Å². The second-order valence-electron chi connectivity index (χ2n) is 4.61. The maximum Gasteiger partial charge on any atom is 0.0718 e. The Kier molecular flexibility index (Phi) is 4.56. The minimum atomic E-state index is 0.0498. The third-order valence-corrected chi connectivity index (χ3v) is 4.55. The number of rotatable bonds is 4. The highest BCUT2D eigenvalue weighted by atomic mass is 79.9. The Balaban J connectivity index is 2.28. The van der Waals surface area contributed by atoms with Crippen molar-refractivity contribution >= 4 is 27.3 Å². The number of nitrogens with one attached hydrogen (secondary N) is 1. The zero-order valence-electron chi connectivity index (χ0n) is 10.5. The quantitative estimate of drug-likeness (QED) is 0.653. The summed E-state index contributed by atoms with van der Waals surface area (Å²) in [6.45, 7) is 4.40. The van der Waals surface area contributed by atoms with Crippen LogP contribution in [-0.4, -0.2) is 0 Å². The average Bonchev–Trinajstić information content (AvgIpc) is 2.77. The summed E-state index contributed by atoms with van der Waals surface area (Å²) in [5, 5.41) is 2.12. The fourth-order valence-electron chi connectivity index (χ4n) is 1.93. The van der Waals surface area contributed by atoms with E-state index in [1.54, 1.807) is 11.3 Å². The average molecular weight is 325 g/mol. The van der Waals surface area contributed by atoms with Crippen LogP contribution < -0.4 is 11.3 Å². The van der Waals surface area contributed by atoms with E-state index in [1.807, 2.05) is 0 Å². The molecule has 1 unspecified atom stereocenters. The van der Waals surface area contributed by atoms with E-state index < -0.39 is 0 Å². The molecule has 1 heterocycles. The number of benzene rings is 1. The largest absolute Gasteiger partial charge is 0.271 e. The Morgan fingerprint density at radius 2 is 1.72 bits per heavy atom. The fraction of sp³-hybridized carbons (Fsp3) is 0.286. The molecule has 0 spiro atoms. The Bertz CT molecular complexity index is 505. The SMILES string of the molecule is CC(C)c1ccc(C(NN)c2csc(Br)c2)cc1. The Labute approximate surface area is 120 Å². The van der Waals surface area contributed by atoms with Crippen LogP contribution >= 0.6 is 27.3 Å². The summed E-state index contributed by atoms with van der Waals surface area (Å²) in [5.74, 6) is 6.24. The predicted octanol–water partition coefficient (Wildman–Crippen LogP) is 4.19. The van der Waals surface area contributed by atoms with Gasteiger partial charge in [0.1, 0.15) is 0 Å². The summed E-state index contributed by atoms with van der Waals surface area (Å²) >= 11 is 5.15. The molecule has 0 fully saturated rings. The molecule has 0 saturated heterocycles. The lowest BCUT2D eigenvalue weighted by Gasteiger charge is -2.16. The third-order valence-electron chi connectivity index (χ3n) is 3.02. The molecule has 2 nitrogen and oxygen atoms in total. The first kappa shape index (κ1) is 13.7. The van der Waals surface area contributed by atoms with Gasteiger partial charge in [0.15, 0.2) is 0 Å². The lowest BCUT2D eigenvalue weighted by Crippen LogP contribution is -2.28. The van der Waals surface area contributed by atoms with Gasteiger partial charge in [-0.15, -0.1) is 11.3 Å². The lowest BCUT2D eigenvalue weighted by molar-refractivity contribution is 0.638. The van der Waals surface area contributed by atoms with Crippen LogP contribution in [0.25, 0.3) is 0 Å². The summed E-state index contributed by atoms with van der Waals surface area (Å²) in [5.41, 5.74) is 6.60. The second kappa shape index (κ2) is 5.97. The molecule has 1 aromatic carbocycles. The molecular weight excluding hydrogens is 308 g/mol. The summed E-state index contributed by atoms with van der Waals surface area (Å²) in [6.07, 6.45) is 0. The normalized spacial score (nSPS) is 12.9. The molecule has 0 radical (unpaired) electrons. The summed E-state index contributed by atoms with van der Waals surface area (Å²) in [4.78, 5) is 0. The number of nitrogens with two attached hydrogens (primary N) is 1. The molecule has 2 rings (SSSR count). The van der Waals surface area contributed by atoms with Crippen LogP contribution in [-0.2, 0) is 0 Å². The first-order valence-electron chi connectivity index (χ1n) is 5.91. The van der Waals surface area contributed by atoms with E-state index in [-0.39, 0.29) is 6.04 Å². The molecule has 0 bridgehead atoms. The lowest BCUT2D eigenvalue weighted by atomic mass is 9.97. The van der Waals surface area contributed by atoms with E-state index in [0.717, 1.165) is 3.79 Å². The predicted molar refractivity (Wildman–Crippen MR) is 81.7 cm³/mol. The van der Waals surface area contributed by atoms with E-state index in [0.29, 0.717) is 5.92 Å². The van der Waals surface area contributed by atoms with Crippen molar-refractivity contribution in [2.24, 2.45) is 5.84 Å². The molecule has 96 valence electrons. The number of hydrogen-bond donors (Lipinski definition) is 2. The van der Waals surface area contributed by atoms with E-state index in [2.05, 4.69) is 70.9 Å². The Morgan fingerprint density at radius 3 is 2.17 bits per heavy atom. The molecule has 2 aromatic rings. The van der Waals surface area contributed by atoms with Crippen LogP contribution in [0.5, 0.6) is 0 Å². The molecule has 0 amide bonds. The number of thiophene rings is 1. The van der Waals surface area contributed by atoms with Crippen molar-refractivity contribution in [2.45, 2.75) is 25.8 Å². The van der Waals surface area contributed by atoms with Crippen molar-refractivity contribution in [3.05, 3.63) is 56.2 Å². The molecule has 0 saturated carbocycles. The molecular formula is C14H17BrN2S. The van der Waals surface area contributed by atoms with Gasteiger partial charge in [0.25, 0.3) is 0 Å². The third kappa shape index (κ3) is 3.01. The number of hydrazine groups is 1. The van der Waals surface area contributed by atoms with Gasteiger partial charge in [-0.2, -0.15) is 0 Å². The maximum absolute atomic E-state index is 5.68. The van der Waals surface area contributed by atoms with E-state index >= 15 is 0 Å². The van der Waals surface area contributed by atoms with Crippen LogP contribution in [0.2, 0.25) is 0 Å². The summed E-state index contributed by atoms with van der Waals surface area (Å²) in [7, 11) is 0. The minimum Gasteiger partial charge on any atom is -0.271 e. The smallest absolute Gasteiger partial charge is 0.0718 e. The van der Waals surface area contributed by atoms with Crippen molar-refractivity contribution < 1.29 is 0 Å². The molecule has 3 N–H and O–H groups in total. The van der Waals surface area contributed by atoms with Crippen LogP contribution in [0.4, 0.5) is 0 Å². The van der Waals surface area contributed by atoms with Gasteiger partial charge in [-0.1, -0.05) is 38.1 Å². The minimum absolute atomic E-state index is 0.0498. The van der Waals surface area contributed by atoms with Gasteiger partial charge in [-0.25, -0.2) is 5.43 Å². The maximum atomic E-state index is 5.68. The van der Waals surface area contributed by atoms with Gasteiger partial charge in [-0.3, -0.25) is 5.84 Å². The van der Waals surface area contributed by atoms with Crippen molar-refractivity contribution in [3.63, 3.8) is 0 Å². The summed E-state index contributed by atoms with van der Waals surface area (Å²) in [6, 6.07) is 10.8. The van der Waals surface area contributed by atoms with Crippen molar-refractivity contribution in [2.75, 3.05) is 0 Å². The fourth-order valence-corrected chi connectivity index (χ4v) is 3.13. The van der Waals surface area contributed by atoms with E-state index in [9.17, 15) is 0 Å². The van der Waals surface area contributed by atoms with Crippen LogP contribution in [0.3, 0.4) is 0 Å². The molecule has 4 heteroatoms. The van der Waals surface area contributed by atoms with E-state index in [1.165, 1.54) is 16.7 Å². The van der Waals surface area contributed by atoms with Crippen LogP contribution in [0.15, 0.2) is 39.5 Å². The number of halogens is 1. The van der Waals surface area contributed by atoms with Crippen LogP contribution in [0.1, 0.15) is 42.5 Å². The van der Waals surface area contributed by atoms with Crippen molar-refractivity contribution in [1.29, 1.82) is 0 Å². The highest BCUT2D eigenvalue weighted by Crippen LogP contribution is 2.29. The van der Waals surface area contributed by atoms with Crippen molar-refractivity contribution in [3.8, 4) is 0 Å². The number of hydrogen-bond acceptors (Lipinski definition) is 3. The monoisotopic (exact) mass is 324 g/mol. The molecule has 0 aliphatic heterocycles. The van der Waals surface area contributed by atoms with E-state index in [4.69, 9.17) is 5.84 Å². The highest BCUT2D eigenvalue weighted by Gasteiger charge is 2.14. The molecule has 0 aliphatic carbocycles. The zero-order chi connectivity index (χ0) is 13.1. The van der Waals surface area contributed by atoms with Crippen molar-refractivity contribution in [1.82, 2.24) is 5.43 Å². The van der Waals surface area contributed by atoms with Gasteiger partial charge >= 0.3 is 0 Å². The van der Waals surface area contributed by atoms with Crippen LogP contribution in [0, 0.1) is 0 Å². The Hall–Kier alpha value is -0.680. The molecule has 1 atom stereocenters. The zero-order valence-corrected chi connectivity index (χ0v) is 12.9. The van der Waals surface area contributed by atoms with Gasteiger partial charge in [0.2, 0.25) is 0 Å². The molecule has 1 aromatic heterocycles. The second-order valence-corrected chi connectivity index (χ2v) is 6.90. The van der Waals surface area contributed by atoms with Gasteiger partial charge in [0, 0.05) is 0 Å². The Morgan fingerprint density at radius 1 is 1.11 bits per heavy atom. The topological polar surface area (TPSA) is 38.0 Å². The highest BCUT2D eigenvalue weighted by molar-refractivity contribution is 9.11. The standard InChI is InChI=1S/C14H17BrN2S/c1-9(2)10-3-5-11(6-4-10)14(17-16)12-7-13(15)18-8-12/h3-9,14,17H,16H2,1-2H3. The summed E-state index contributed by atoms with van der Waals surface area (Å²) < 4.78 is 1.12. The molecule has 0 aliphatic rings. The van der Waals surface area contributed by atoms with Gasteiger partial charge in [-0.05, 0) is 50.0 Å².